The zero-order valence-corrected chi connectivity index (χ0v) is 12.5. The Morgan fingerprint density at radius 3 is 3.10 bits per heavy atom. The first-order valence-corrected chi connectivity index (χ1v) is 7.57. The molecule has 2 aliphatic heterocycles. The Morgan fingerprint density at radius 2 is 2.38 bits per heavy atom. The number of carbonyl (C=O) groups is 1. The molecule has 0 aromatic carbocycles. The molecule has 0 aliphatic carbocycles. The second-order valence-electron chi connectivity index (χ2n) is 5.94. The topological polar surface area (TPSA) is 51.7 Å². The summed E-state index contributed by atoms with van der Waals surface area (Å²) in [4.78, 5) is 17.4. The Balaban J connectivity index is 1.42. The number of carbonyl (C=O) groups excluding carboxylic acids is 1. The third-order valence-corrected chi connectivity index (χ3v) is 4.55. The van der Waals surface area contributed by atoms with Gasteiger partial charge in [-0.25, -0.2) is 0 Å². The highest BCUT2D eigenvalue weighted by Gasteiger charge is 2.53. The molecule has 1 spiro atoms. The van der Waals surface area contributed by atoms with Gasteiger partial charge in [-0.2, -0.15) is 0 Å². The number of pyridine rings is 1. The van der Waals surface area contributed by atoms with Gasteiger partial charge >= 0.3 is 0 Å². The molecular weight excluding hydrogens is 268 g/mol. The SMILES string of the molecule is CC(=O)N1CC2(C1)OCCC2CCOCc1ccccn1. The molecule has 5 heteroatoms. The number of rotatable bonds is 5. The molecular formula is C16H22N2O3. The molecule has 1 amide bonds. The van der Waals surface area contributed by atoms with Crippen molar-refractivity contribution in [1.82, 2.24) is 9.88 Å². The van der Waals surface area contributed by atoms with E-state index in [1.165, 1.54) is 0 Å². The third kappa shape index (κ3) is 3.09. The van der Waals surface area contributed by atoms with Gasteiger partial charge in [-0.1, -0.05) is 6.07 Å². The maximum absolute atomic E-state index is 11.3. The molecule has 0 radical (unpaired) electrons. The van der Waals surface area contributed by atoms with Gasteiger partial charge < -0.3 is 14.4 Å². The van der Waals surface area contributed by atoms with E-state index in [2.05, 4.69) is 4.98 Å². The molecule has 1 aromatic heterocycles. The lowest BCUT2D eigenvalue weighted by Gasteiger charge is -2.50. The fourth-order valence-electron chi connectivity index (χ4n) is 3.25. The highest BCUT2D eigenvalue weighted by Crippen LogP contribution is 2.41. The Morgan fingerprint density at radius 1 is 1.52 bits per heavy atom. The van der Waals surface area contributed by atoms with Gasteiger partial charge in [-0.05, 0) is 30.9 Å². The second-order valence-corrected chi connectivity index (χ2v) is 5.94. The molecule has 2 fully saturated rings. The van der Waals surface area contributed by atoms with Crippen molar-refractivity contribution in [2.75, 3.05) is 26.3 Å². The predicted octanol–water partition coefficient (Wildman–Crippen LogP) is 1.63. The molecule has 1 unspecified atom stereocenters. The monoisotopic (exact) mass is 290 g/mol. The van der Waals surface area contributed by atoms with E-state index in [-0.39, 0.29) is 11.5 Å². The van der Waals surface area contributed by atoms with Gasteiger partial charge in [-0.15, -0.1) is 0 Å². The normalized spacial score (nSPS) is 23.3. The van der Waals surface area contributed by atoms with Crippen molar-refractivity contribution in [3.63, 3.8) is 0 Å². The molecule has 2 saturated heterocycles. The highest BCUT2D eigenvalue weighted by atomic mass is 16.5. The Labute approximate surface area is 125 Å². The van der Waals surface area contributed by atoms with Crippen molar-refractivity contribution in [2.24, 2.45) is 5.92 Å². The fraction of sp³-hybridized carbons (Fsp3) is 0.625. The first-order chi connectivity index (χ1) is 10.2. The van der Waals surface area contributed by atoms with Gasteiger partial charge in [0, 0.05) is 26.3 Å². The van der Waals surface area contributed by atoms with Gasteiger partial charge in [0.2, 0.25) is 5.91 Å². The van der Waals surface area contributed by atoms with E-state index in [4.69, 9.17) is 9.47 Å². The quantitative estimate of drug-likeness (QED) is 0.773. The van der Waals surface area contributed by atoms with E-state index in [1.807, 2.05) is 23.1 Å². The van der Waals surface area contributed by atoms with Crippen molar-refractivity contribution < 1.29 is 14.3 Å². The summed E-state index contributed by atoms with van der Waals surface area (Å²) >= 11 is 0. The molecule has 1 atom stereocenters. The van der Waals surface area contributed by atoms with Gasteiger partial charge in [0.05, 0.1) is 25.4 Å². The van der Waals surface area contributed by atoms with Crippen LogP contribution in [0.3, 0.4) is 0 Å². The minimum absolute atomic E-state index is 0.0972. The van der Waals surface area contributed by atoms with E-state index < -0.39 is 0 Å². The predicted molar refractivity (Wildman–Crippen MR) is 77.6 cm³/mol. The van der Waals surface area contributed by atoms with Crippen molar-refractivity contribution in [3.05, 3.63) is 30.1 Å². The second kappa shape index (κ2) is 6.12. The molecule has 3 rings (SSSR count). The van der Waals surface area contributed by atoms with Crippen LogP contribution in [0.25, 0.3) is 0 Å². The largest absolute Gasteiger partial charge is 0.375 e. The number of likely N-dealkylation sites (tertiary alicyclic amines) is 1. The van der Waals surface area contributed by atoms with E-state index >= 15 is 0 Å². The molecule has 0 bridgehead atoms. The maximum Gasteiger partial charge on any atom is 0.219 e. The number of nitrogens with zero attached hydrogens (tertiary/aromatic N) is 2. The van der Waals surface area contributed by atoms with Crippen LogP contribution in [0, 0.1) is 5.92 Å². The van der Waals surface area contributed by atoms with E-state index in [1.54, 1.807) is 13.1 Å². The standard InChI is InChI=1S/C16H22N2O3/c1-13(19)18-11-16(12-18)14(6-9-21-16)5-8-20-10-15-4-2-3-7-17-15/h2-4,7,14H,5-6,8-12H2,1H3. The minimum Gasteiger partial charge on any atom is -0.375 e. The summed E-state index contributed by atoms with van der Waals surface area (Å²) in [6.45, 7) is 5.18. The molecule has 2 aliphatic rings. The minimum atomic E-state index is -0.0972. The van der Waals surface area contributed by atoms with Gasteiger partial charge in [-0.3, -0.25) is 9.78 Å². The molecule has 114 valence electrons. The summed E-state index contributed by atoms with van der Waals surface area (Å²) < 4.78 is 11.6. The number of hydrogen-bond donors (Lipinski definition) is 0. The van der Waals surface area contributed by atoms with Crippen molar-refractivity contribution in [1.29, 1.82) is 0 Å². The molecule has 0 N–H and O–H groups in total. The van der Waals surface area contributed by atoms with Gasteiger partial charge in [0.15, 0.2) is 0 Å². The lowest BCUT2D eigenvalue weighted by atomic mass is 9.79. The third-order valence-electron chi connectivity index (χ3n) is 4.55. The molecule has 21 heavy (non-hydrogen) atoms. The molecule has 5 nitrogen and oxygen atoms in total. The van der Waals surface area contributed by atoms with Crippen molar-refractivity contribution in [3.8, 4) is 0 Å². The number of hydrogen-bond acceptors (Lipinski definition) is 4. The van der Waals surface area contributed by atoms with Crippen LogP contribution < -0.4 is 0 Å². The van der Waals surface area contributed by atoms with Crippen LogP contribution in [-0.2, 0) is 20.9 Å². The van der Waals surface area contributed by atoms with Crippen molar-refractivity contribution in [2.45, 2.75) is 32.0 Å². The summed E-state index contributed by atoms with van der Waals surface area (Å²) in [7, 11) is 0. The maximum atomic E-state index is 11.3. The van der Waals surface area contributed by atoms with Gasteiger partial charge in [0.1, 0.15) is 5.60 Å². The smallest absolute Gasteiger partial charge is 0.219 e. The summed E-state index contributed by atoms with van der Waals surface area (Å²) in [5.74, 6) is 0.637. The number of ether oxygens (including phenoxy) is 2. The fourth-order valence-corrected chi connectivity index (χ4v) is 3.25. The van der Waals surface area contributed by atoms with E-state index in [9.17, 15) is 4.79 Å². The number of aromatic nitrogens is 1. The lowest BCUT2D eigenvalue weighted by Crippen LogP contribution is -2.65. The lowest BCUT2D eigenvalue weighted by molar-refractivity contribution is -0.164. The summed E-state index contributed by atoms with van der Waals surface area (Å²) in [5.41, 5.74) is 0.862. The molecule has 3 heterocycles. The van der Waals surface area contributed by atoms with Crippen molar-refractivity contribution >= 4 is 5.91 Å². The summed E-state index contributed by atoms with van der Waals surface area (Å²) in [6.07, 6.45) is 3.83. The van der Waals surface area contributed by atoms with E-state index in [0.29, 0.717) is 19.1 Å². The first kappa shape index (κ1) is 14.5. The van der Waals surface area contributed by atoms with Crippen LogP contribution in [-0.4, -0.2) is 47.7 Å². The summed E-state index contributed by atoms with van der Waals surface area (Å²) in [5, 5.41) is 0. The number of amides is 1. The Bertz CT molecular complexity index is 486. The zero-order valence-electron chi connectivity index (χ0n) is 12.5. The summed E-state index contributed by atoms with van der Waals surface area (Å²) in [6, 6.07) is 5.84. The zero-order chi connectivity index (χ0) is 14.7. The average molecular weight is 290 g/mol. The van der Waals surface area contributed by atoms with Crippen LogP contribution in [0.5, 0.6) is 0 Å². The van der Waals surface area contributed by atoms with E-state index in [0.717, 1.165) is 38.2 Å². The Hall–Kier alpha value is -1.46. The van der Waals surface area contributed by atoms with Crippen LogP contribution in [0.1, 0.15) is 25.5 Å². The van der Waals surface area contributed by atoms with Crippen LogP contribution >= 0.6 is 0 Å². The molecule has 1 aromatic rings. The Kier molecular flexibility index (Phi) is 4.22. The van der Waals surface area contributed by atoms with Crippen LogP contribution in [0.15, 0.2) is 24.4 Å². The van der Waals surface area contributed by atoms with Crippen LogP contribution in [0.4, 0.5) is 0 Å². The van der Waals surface area contributed by atoms with Gasteiger partial charge in [0.25, 0.3) is 0 Å². The van der Waals surface area contributed by atoms with Crippen LogP contribution in [0.2, 0.25) is 0 Å². The first-order valence-electron chi connectivity index (χ1n) is 7.57. The average Bonchev–Trinajstić information content (AvgIpc) is 2.87. The highest BCUT2D eigenvalue weighted by molar-refractivity contribution is 5.74. The molecule has 0 saturated carbocycles.